The van der Waals surface area contributed by atoms with Gasteiger partial charge in [-0.1, -0.05) is 20.8 Å². The molecular weight excluding hydrogens is 172 g/mol. The van der Waals surface area contributed by atoms with Crippen LogP contribution >= 0.6 is 0 Å². The Balaban J connectivity index is 4.05. The summed E-state index contributed by atoms with van der Waals surface area (Å²) < 4.78 is 0. The minimum atomic E-state index is -1.07. The van der Waals surface area contributed by atoms with E-state index in [0.717, 1.165) is 0 Å². The van der Waals surface area contributed by atoms with Crippen LogP contribution in [0.3, 0.4) is 0 Å². The van der Waals surface area contributed by atoms with Gasteiger partial charge in [-0.15, -0.1) is 0 Å². The van der Waals surface area contributed by atoms with Gasteiger partial charge in [0.25, 0.3) is 0 Å². The van der Waals surface area contributed by atoms with Gasteiger partial charge in [0.15, 0.2) is 0 Å². The molecule has 0 unspecified atom stereocenters. The summed E-state index contributed by atoms with van der Waals surface area (Å²) >= 11 is 0. The highest BCUT2D eigenvalue weighted by atomic mass is 16.4. The van der Waals surface area contributed by atoms with Crippen molar-refractivity contribution in [1.29, 1.82) is 0 Å². The largest absolute Gasteiger partial charge is 0.480 e. The van der Waals surface area contributed by atoms with Gasteiger partial charge in [-0.2, -0.15) is 0 Å². The van der Waals surface area contributed by atoms with E-state index in [0.29, 0.717) is 0 Å². The lowest BCUT2D eigenvalue weighted by molar-refractivity contribution is -0.138. The molecule has 5 heteroatoms. The summed E-state index contributed by atoms with van der Waals surface area (Å²) in [7, 11) is 0. The molecule has 0 spiro atoms. The molecular formula is C8H16N2O3. The SMILES string of the molecule is CC(C)(C)[C@@H](N)C(=O)NCC(=O)O. The van der Waals surface area contributed by atoms with Crippen LogP contribution in [0.15, 0.2) is 0 Å². The third kappa shape index (κ3) is 4.47. The number of hydrogen-bond donors (Lipinski definition) is 3. The van der Waals surface area contributed by atoms with Gasteiger partial charge in [0.2, 0.25) is 5.91 Å². The second kappa shape index (κ2) is 4.23. The van der Waals surface area contributed by atoms with E-state index in [1.54, 1.807) is 0 Å². The first-order chi connectivity index (χ1) is 5.75. The molecule has 0 aliphatic heterocycles. The fourth-order valence-corrected chi connectivity index (χ4v) is 0.666. The van der Waals surface area contributed by atoms with Crippen LogP contribution in [0.4, 0.5) is 0 Å². The maximum Gasteiger partial charge on any atom is 0.322 e. The zero-order valence-electron chi connectivity index (χ0n) is 8.13. The topological polar surface area (TPSA) is 92.4 Å². The predicted octanol–water partition coefficient (Wildman–Crippen LogP) is -0.439. The lowest BCUT2D eigenvalue weighted by Gasteiger charge is -2.25. The molecule has 1 atom stereocenters. The Hall–Kier alpha value is -1.10. The Labute approximate surface area is 77.3 Å². The molecule has 0 bridgehead atoms. The molecule has 0 aliphatic carbocycles. The van der Waals surface area contributed by atoms with E-state index < -0.39 is 17.9 Å². The van der Waals surface area contributed by atoms with Crippen LogP contribution in [0.2, 0.25) is 0 Å². The molecule has 4 N–H and O–H groups in total. The zero-order valence-corrected chi connectivity index (χ0v) is 8.13. The maximum atomic E-state index is 11.2. The Morgan fingerprint density at radius 2 is 1.92 bits per heavy atom. The Bertz CT molecular complexity index is 208. The Kier molecular flexibility index (Phi) is 3.87. The van der Waals surface area contributed by atoms with Crippen molar-refractivity contribution in [3.05, 3.63) is 0 Å². The number of nitrogens with two attached hydrogens (primary N) is 1. The summed E-state index contributed by atoms with van der Waals surface area (Å²) in [4.78, 5) is 21.3. The summed E-state index contributed by atoms with van der Waals surface area (Å²) in [5, 5.41) is 10.5. The number of carbonyl (C=O) groups excluding carboxylic acids is 1. The summed E-state index contributed by atoms with van der Waals surface area (Å²) in [6.45, 7) is 5.07. The predicted molar refractivity (Wildman–Crippen MR) is 48.1 cm³/mol. The smallest absolute Gasteiger partial charge is 0.322 e. The normalized spacial score (nSPS) is 13.5. The number of rotatable bonds is 3. The van der Waals surface area contributed by atoms with Crippen LogP contribution in [0.1, 0.15) is 20.8 Å². The molecule has 0 aromatic heterocycles. The molecule has 0 fully saturated rings. The number of carbonyl (C=O) groups is 2. The summed E-state index contributed by atoms with van der Waals surface area (Å²) in [5.74, 6) is -1.51. The number of nitrogens with one attached hydrogen (secondary N) is 1. The molecule has 0 saturated heterocycles. The van der Waals surface area contributed by atoms with Crippen molar-refractivity contribution in [2.75, 3.05) is 6.54 Å². The maximum absolute atomic E-state index is 11.2. The van der Waals surface area contributed by atoms with Crippen LogP contribution in [0.5, 0.6) is 0 Å². The fourth-order valence-electron chi connectivity index (χ4n) is 0.666. The average molecular weight is 188 g/mol. The highest BCUT2D eigenvalue weighted by Crippen LogP contribution is 2.16. The molecule has 0 saturated carbocycles. The molecule has 0 rings (SSSR count). The van der Waals surface area contributed by atoms with Crippen LogP contribution in [0, 0.1) is 5.41 Å². The molecule has 0 aromatic carbocycles. The van der Waals surface area contributed by atoms with Gasteiger partial charge >= 0.3 is 5.97 Å². The molecule has 76 valence electrons. The first-order valence-corrected chi connectivity index (χ1v) is 4.00. The van der Waals surface area contributed by atoms with Gasteiger partial charge in [0, 0.05) is 0 Å². The quantitative estimate of drug-likeness (QED) is 0.560. The zero-order chi connectivity index (χ0) is 10.6. The first kappa shape index (κ1) is 11.9. The minimum absolute atomic E-state index is 0.359. The lowest BCUT2D eigenvalue weighted by Crippen LogP contribution is -2.49. The Morgan fingerprint density at radius 1 is 1.46 bits per heavy atom. The monoisotopic (exact) mass is 188 g/mol. The highest BCUT2D eigenvalue weighted by molar-refractivity contribution is 5.85. The first-order valence-electron chi connectivity index (χ1n) is 4.00. The minimum Gasteiger partial charge on any atom is -0.480 e. The summed E-state index contributed by atoms with van der Waals surface area (Å²) in [6.07, 6.45) is 0. The second-order valence-corrected chi connectivity index (χ2v) is 3.96. The van der Waals surface area contributed by atoms with Crippen molar-refractivity contribution in [2.45, 2.75) is 26.8 Å². The lowest BCUT2D eigenvalue weighted by atomic mass is 9.87. The summed E-state index contributed by atoms with van der Waals surface area (Å²) in [5.41, 5.74) is 5.22. The van der Waals surface area contributed by atoms with E-state index in [4.69, 9.17) is 10.8 Å². The van der Waals surface area contributed by atoms with Crippen LogP contribution in [-0.4, -0.2) is 29.6 Å². The number of carboxylic acid groups (broad SMARTS) is 1. The van der Waals surface area contributed by atoms with Crippen molar-refractivity contribution in [3.8, 4) is 0 Å². The van der Waals surface area contributed by atoms with Gasteiger partial charge in [-0.05, 0) is 5.41 Å². The number of amides is 1. The third-order valence-corrected chi connectivity index (χ3v) is 1.63. The van der Waals surface area contributed by atoms with Gasteiger partial charge < -0.3 is 16.2 Å². The van der Waals surface area contributed by atoms with E-state index in [-0.39, 0.29) is 12.0 Å². The van der Waals surface area contributed by atoms with E-state index in [1.165, 1.54) is 0 Å². The molecule has 0 aliphatic rings. The standard InChI is InChI=1S/C8H16N2O3/c1-8(2,3)6(9)7(13)10-4-5(11)12/h6H,4,9H2,1-3H3,(H,10,13)(H,11,12)/t6-/m0/s1. The molecule has 13 heavy (non-hydrogen) atoms. The molecule has 0 radical (unpaired) electrons. The summed E-state index contributed by atoms with van der Waals surface area (Å²) in [6, 6.07) is -0.688. The fraction of sp³-hybridized carbons (Fsp3) is 0.750. The van der Waals surface area contributed by atoms with Gasteiger partial charge in [-0.25, -0.2) is 0 Å². The van der Waals surface area contributed by atoms with Gasteiger partial charge in [0.1, 0.15) is 6.54 Å². The van der Waals surface area contributed by atoms with E-state index >= 15 is 0 Å². The van der Waals surface area contributed by atoms with Crippen molar-refractivity contribution >= 4 is 11.9 Å². The van der Waals surface area contributed by atoms with E-state index in [1.807, 2.05) is 20.8 Å². The highest BCUT2D eigenvalue weighted by Gasteiger charge is 2.27. The van der Waals surface area contributed by atoms with Gasteiger partial charge in [0.05, 0.1) is 6.04 Å². The van der Waals surface area contributed by atoms with Gasteiger partial charge in [-0.3, -0.25) is 9.59 Å². The number of hydrogen-bond acceptors (Lipinski definition) is 3. The molecule has 0 aromatic rings. The number of carboxylic acids is 1. The molecule has 0 heterocycles. The Morgan fingerprint density at radius 3 is 2.23 bits per heavy atom. The molecule has 5 nitrogen and oxygen atoms in total. The van der Waals surface area contributed by atoms with Crippen LogP contribution in [0.25, 0.3) is 0 Å². The van der Waals surface area contributed by atoms with Crippen LogP contribution in [-0.2, 0) is 9.59 Å². The average Bonchev–Trinajstić information content (AvgIpc) is 1.96. The number of aliphatic carboxylic acids is 1. The second-order valence-electron chi connectivity index (χ2n) is 3.96. The van der Waals surface area contributed by atoms with Crippen molar-refractivity contribution < 1.29 is 14.7 Å². The van der Waals surface area contributed by atoms with E-state index in [9.17, 15) is 9.59 Å². The van der Waals surface area contributed by atoms with Crippen molar-refractivity contribution in [1.82, 2.24) is 5.32 Å². The van der Waals surface area contributed by atoms with Crippen molar-refractivity contribution in [3.63, 3.8) is 0 Å². The van der Waals surface area contributed by atoms with Crippen molar-refractivity contribution in [2.24, 2.45) is 11.1 Å². The molecule has 1 amide bonds. The van der Waals surface area contributed by atoms with E-state index in [2.05, 4.69) is 5.32 Å². The van der Waals surface area contributed by atoms with Crippen LogP contribution < -0.4 is 11.1 Å². The third-order valence-electron chi connectivity index (χ3n) is 1.63.